The minimum Gasteiger partial charge on any atom is -0.334 e. The molecule has 6 nitrogen and oxygen atoms in total. The quantitative estimate of drug-likeness (QED) is 0.901. The number of carbonyl (C=O) groups excluding carboxylic acids is 1. The van der Waals surface area contributed by atoms with Gasteiger partial charge in [-0.1, -0.05) is 31.2 Å². The first-order valence-corrected chi connectivity index (χ1v) is 8.40. The van der Waals surface area contributed by atoms with E-state index in [1.54, 1.807) is 0 Å². The van der Waals surface area contributed by atoms with Gasteiger partial charge < -0.3 is 9.92 Å². The van der Waals surface area contributed by atoms with Crippen molar-refractivity contribution >= 4 is 16.4 Å². The molecule has 7 heteroatoms. The Hall–Kier alpha value is -1.60. The van der Waals surface area contributed by atoms with Gasteiger partial charge in [-0.15, -0.1) is 0 Å². The van der Waals surface area contributed by atoms with Crippen LogP contribution >= 0.6 is 0 Å². The van der Waals surface area contributed by atoms with Crippen molar-refractivity contribution in [3.63, 3.8) is 0 Å². The SMILES string of the molecule is CCCN(C1CCCc2ccccc21)S(=O)(=O)OC(N)=O. The van der Waals surface area contributed by atoms with Crippen LogP contribution in [0.1, 0.15) is 43.4 Å². The number of fused-ring (bicyclic) bond motifs is 1. The lowest BCUT2D eigenvalue weighted by molar-refractivity contribution is 0.198. The van der Waals surface area contributed by atoms with Crippen LogP contribution in [0.3, 0.4) is 0 Å². The summed E-state index contributed by atoms with van der Waals surface area (Å²) in [5.41, 5.74) is 6.99. The lowest BCUT2D eigenvalue weighted by Gasteiger charge is -2.33. The number of carbonyl (C=O) groups is 1. The smallest absolute Gasteiger partial charge is 0.334 e. The highest BCUT2D eigenvalue weighted by molar-refractivity contribution is 7.84. The van der Waals surface area contributed by atoms with Crippen LogP contribution in [0, 0.1) is 0 Å². The molecular formula is C14H20N2O4S. The molecule has 0 saturated carbocycles. The Morgan fingerprint density at radius 1 is 1.43 bits per heavy atom. The van der Waals surface area contributed by atoms with Gasteiger partial charge in [-0.3, -0.25) is 0 Å². The van der Waals surface area contributed by atoms with Crippen molar-refractivity contribution in [2.75, 3.05) is 6.54 Å². The van der Waals surface area contributed by atoms with Crippen molar-refractivity contribution in [2.45, 2.75) is 38.6 Å². The maximum Gasteiger partial charge on any atom is 0.421 e. The fourth-order valence-corrected chi connectivity index (χ4v) is 4.06. The van der Waals surface area contributed by atoms with Crippen LogP contribution < -0.4 is 5.73 Å². The number of primary amides is 1. The second-order valence-electron chi connectivity index (χ2n) is 5.08. The Balaban J connectivity index is 2.38. The normalized spacial score (nSPS) is 18.3. The van der Waals surface area contributed by atoms with Gasteiger partial charge in [0.1, 0.15) is 0 Å². The van der Waals surface area contributed by atoms with Crippen molar-refractivity contribution in [1.29, 1.82) is 0 Å². The number of amides is 1. The molecule has 116 valence electrons. The van der Waals surface area contributed by atoms with Crippen LogP contribution in [0.5, 0.6) is 0 Å². The standard InChI is InChI=1S/C14H20N2O4S/c1-2-10-16(21(18,19)20-14(15)17)13-9-5-7-11-6-3-4-8-12(11)13/h3-4,6,8,13H,2,5,7,9-10H2,1H3,(H2,15,17). The van der Waals surface area contributed by atoms with Gasteiger partial charge in [0.05, 0.1) is 6.04 Å². The van der Waals surface area contributed by atoms with E-state index in [4.69, 9.17) is 5.73 Å². The summed E-state index contributed by atoms with van der Waals surface area (Å²) in [6, 6.07) is 7.47. The van der Waals surface area contributed by atoms with Crippen LogP contribution in [-0.4, -0.2) is 25.4 Å². The second-order valence-corrected chi connectivity index (χ2v) is 6.57. The molecule has 2 N–H and O–H groups in total. The largest absolute Gasteiger partial charge is 0.421 e. The summed E-state index contributed by atoms with van der Waals surface area (Å²) in [4.78, 5) is 10.8. The van der Waals surface area contributed by atoms with Crippen molar-refractivity contribution in [1.82, 2.24) is 4.31 Å². The zero-order chi connectivity index (χ0) is 15.5. The maximum absolute atomic E-state index is 12.2. The first kappa shape index (κ1) is 15.8. The van der Waals surface area contributed by atoms with Crippen LogP contribution in [-0.2, 0) is 20.9 Å². The van der Waals surface area contributed by atoms with Gasteiger partial charge in [-0.25, -0.2) is 4.79 Å². The molecule has 1 unspecified atom stereocenters. The average molecular weight is 312 g/mol. The molecule has 1 amide bonds. The van der Waals surface area contributed by atoms with Gasteiger partial charge >= 0.3 is 16.4 Å². The van der Waals surface area contributed by atoms with E-state index in [1.165, 1.54) is 4.31 Å². The topological polar surface area (TPSA) is 89.7 Å². The minimum atomic E-state index is -4.17. The molecule has 21 heavy (non-hydrogen) atoms. The summed E-state index contributed by atoms with van der Waals surface area (Å²) < 4.78 is 30.1. The zero-order valence-corrected chi connectivity index (χ0v) is 12.8. The molecule has 0 bridgehead atoms. The molecule has 2 rings (SSSR count). The van der Waals surface area contributed by atoms with Crippen LogP contribution in [0.4, 0.5) is 4.79 Å². The molecule has 0 aliphatic heterocycles. The third-order valence-electron chi connectivity index (χ3n) is 3.60. The summed E-state index contributed by atoms with van der Waals surface area (Å²) in [7, 11) is -4.17. The lowest BCUT2D eigenvalue weighted by Crippen LogP contribution is -2.40. The summed E-state index contributed by atoms with van der Waals surface area (Å²) in [6.07, 6.45) is 1.86. The van der Waals surface area contributed by atoms with Crippen molar-refractivity contribution in [3.05, 3.63) is 35.4 Å². The Bertz CT molecular complexity index is 615. The number of nitrogens with two attached hydrogens (primary N) is 1. The van der Waals surface area contributed by atoms with E-state index in [0.717, 1.165) is 24.0 Å². The molecule has 1 aliphatic rings. The minimum absolute atomic E-state index is 0.286. The van der Waals surface area contributed by atoms with E-state index in [-0.39, 0.29) is 12.6 Å². The zero-order valence-electron chi connectivity index (χ0n) is 12.0. The number of nitrogens with zero attached hydrogens (tertiary/aromatic N) is 1. The Labute approximate surface area is 125 Å². The van der Waals surface area contributed by atoms with E-state index in [2.05, 4.69) is 4.18 Å². The molecule has 0 saturated heterocycles. The van der Waals surface area contributed by atoms with E-state index in [1.807, 2.05) is 31.2 Å². The van der Waals surface area contributed by atoms with Crippen LogP contribution in [0.2, 0.25) is 0 Å². The highest BCUT2D eigenvalue weighted by atomic mass is 32.2. The van der Waals surface area contributed by atoms with Crippen molar-refractivity contribution in [2.24, 2.45) is 5.73 Å². The molecule has 1 aromatic carbocycles. The first-order chi connectivity index (χ1) is 9.95. The molecule has 0 heterocycles. The van der Waals surface area contributed by atoms with Gasteiger partial charge in [-0.2, -0.15) is 12.7 Å². The molecule has 0 fully saturated rings. The molecule has 1 aliphatic carbocycles. The third kappa shape index (κ3) is 3.54. The van der Waals surface area contributed by atoms with E-state index in [0.29, 0.717) is 12.8 Å². The van der Waals surface area contributed by atoms with Gasteiger partial charge in [0, 0.05) is 6.54 Å². The molecule has 1 aromatic rings. The molecule has 1 atom stereocenters. The van der Waals surface area contributed by atoms with Gasteiger partial charge in [0.15, 0.2) is 0 Å². The molecule has 0 spiro atoms. The highest BCUT2D eigenvalue weighted by Crippen LogP contribution is 2.36. The van der Waals surface area contributed by atoms with Crippen molar-refractivity contribution in [3.8, 4) is 0 Å². The average Bonchev–Trinajstić information content (AvgIpc) is 2.43. The number of aryl methyl sites for hydroxylation is 1. The summed E-state index contributed by atoms with van der Waals surface area (Å²) in [5.74, 6) is 0. The summed E-state index contributed by atoms with van der Waals surface area (Å²) in [5, 5.41) is 0. The van der Waals surface area contributed by atoms with E-state index < -0.39 is 16.4 Å². The third-order valence-corrected chi connectivity index (χ3v) is 4.99. The predicted octanol–water partition coefficient (Wildman–Crippen LogP) is 2.12. The van der Waals surface area contributed by atoms with Gasteiger partial charge in [-0.05, 0) is 36.8 Å². The second kappa shape index (κ2) is 6.44. The lowest BCUT2D eigenvalue weighted by atomic mass is 9.88. The van der Waals surface area contributed by atoms with Crippen LogP contribution in [0.25, 0.3) is 0 Å². The molecule has 0 aromatic heterocycles. The van der Waals surface area contributed by atoms with E-state index >= 15 is 0 Å². The van der Waals surface area contributed by atoms with E-state index in [9.17, 15) is 13.2 Å². The number of hydrogen-bond donors (Lipinski definition) is 1. The fourth-order valence-electron chi connectivity index (χ4n) is 2.82. The molecule has 0 radical (unpaired) electrons. The number of benzene rings is 1. The van der Waals surface area contributed by atoms with Crippen LogP contribution in [0.15, 0.2) is 24.3 Å². The monoisotopic (exact) mass is 312 g/mol. The maximum atomic E-state index is 12.2. The Morgan fingerprint density at radius 3 is 2.81 bits per heavy atom. The molecular weight excluding hydrogens is 292 g/mol. The van der Waals surface area contributed by atoms with Gasteiger partial charge in [0.2, 0.25) is 0 Å². The summed E-state index contributed by atoms with van der Waals surface area (Å²) >= 11 is 0. The number of hydrogen-bond acceptors (Lipinski definition) is 4. The predicted molar refractivity (Wildman–Crippen MR) is 78.7 cm³/mol. The highest BCUT2D eigenvalue weighted by Gasteiger charge is 2.35. The Kier molecular flexibility index (Phi) is 4.84. The first-order valence-electron chi connectivity index (χ1n) is 7.04. The van der Waals surface area contributed by atoms with Gasteiger partial charge in [0.25, 0.3) is 0 Å². The Morgan fingerprint density at radius 2 is 2.14 bits per heavy atom. The number of rotatable bonds is 5. The summed E-state index contributed by atoms with van der Waals surface area (Å²) in [6.45, 7) is 2.16. The fraction of sp³-hybridized carbons (Fsp3) is 0.500. The van der Waals surface area contributed by atoms with Crippen molar-refractivity contribution < 1.29 is 17.4 Å².